The molecule has 0 saturated heterocycles. The van der Waals surface area contributed by atoms with E-state index in [9.17, 15) is 9.59 Å². The summed E-state index contributed by atoms with van der Waals surface area (Å²) >= 11 is 0. The molecular formula is C17H20N2O2. The largest absolute Gasteiger partial charge is 0.367 e. The van der Waals surface area contributed by atoms with Gasteiger partial charge in [-0.1, -0.05) is 30.3 Å². The molecule has 1 aromatic heterocycles. The van der Waals surface area contributed by atoms with Crippen molar-refractivity contribution in [1.29, 1.82) is 0 Å². The van der Waals surface area contributed by atoms with Crippen LogP contribution in [0.3, 0.4) is 0 Å². The Labute approximate surface area is 124 Å². The molecule has 1 N–H and O–H groups in total. The second kappa shape index (κ2) is 7.43. The predicted molar refractivity (Wildman–Crippen MR) is 83.4 cm³/mol. The third kappa shape index (κ3) is 4.31. The fourth-order valence-electron chi connectivity index (χ4n) is 2.21. The fraction of sp³-hybridized carbons (Fsp3) is 0.294. The van der Waals surface area contributed by atoms with Crippen LogP contribution in [0.1, 0.15) is 28.8 Å². The van der Waals surface area contributed by atoms with Crippen molar-refractivity contribution in [1.82, 2.24) is 9.88 Å². The first-order chi connectivity index (χ1) is 10.2. The molecule has 0 saturated carbocycles. The molecule has 0 bridgehead atoms. The molecule has 0 fully saturated rings. The molecule has 1 amide bonds. The first kappa shape index (κ1) is 15.0. The summed E-state index contributed by atoms with van der Waals surface area (Å²) < 4.78 is 0. The lowest BCUT2D eigenvalue weighted by Gasteiger charge is -2.16. The minimum Gasteiger partial charge on any atom is -0.367 e. The number of unbranched alkanes of at least 4 members (excludes halogenated alkanes) is 1. The maximum absolute atomic E-state index is 12.1. The lowest BCUT2D eigenvalue weighted by Crippen LogP contribution is -2.31. The van der Waals surface area contributed by atoms with Crippen LogP contribution >= 0.6 is 0 Å². The standard InChI is InChI=1S/C17H20N2O2/c1-19(17(21)15-13-18-11-10-16(15)20)12-6-5-9-14-7-3-2-4-8-14/h2-4,7-8,10-11,13H,5-6,9,12H2,1H3,(H,18,20). The van der Waals surface area contributed by atoms with E-state index in [0.717, 1.165) is 19.3 Å². The van der Waals surface area contributed by atoms with Crippen molar-refractivity contribution >= 4 is 5.91 Å². The van der Waals surface area contributed by atoms with Crippen molar-refractivity contribution in [2.45, 2.75) is 19.3 Å². The second-order valence-electron chi connectivity index (χ2n) is 5.09. The first-order valence-corrected chi connectivity index (χ1v) is 7.15. The number of H-pyrrole nitrogens is 1. The summed E-state index contributed by atoms with van der Waals surface area (Å²) in [4.78, 5) is 28.1. The van der Waals surface area contributed by atoms with E-state index in [-0.39, 0.29) is 16.9 Å². The number of nitrogens with one attached hydrogen (secondary N) is 1. The van der Waals surface area contributed by atoms with Crippen LogP contribution < -0.4 is 5.43 Å². The lowest BCUT2D eigenvalue weighted by atomic mass is 10.1. The van der Waals surface area contributed by atoms with Crippen molar-refractivity contribution in [2.75, 3.05) is 13.6 Å². The highest BCUT2D eigenvalue weighted by molar-refractivity contribution is 5.93. The Balaban J connectivity index is 1.80. The van der Waals surface area contributed by atoms with E-state index in [1.165, 1.54) is 24.0 Å². The number of aromatic nitrogens is 1. The summed E-state index contributed by atoms with van der Waals surface area (Å²) in [5, 5.41) is 0. The number of aromatic amines is 1. The van der Waals surface area contributed by atoms with Gasteiger partial charge in [-0.05, 0) is 24.8 Å². The highest BCUT2D eigenvalue weighted by atomic mass is 16.2. The van der Waals surface area contributed by atoms with Crippen LogP contribution in [0.4, 0.5) is 0 Å². The van der Waals surface area contributed by atoms with E-state index < -0.39 is 0 Å². The van der Waals surface area contributed by atoms with Crippen molar-refractivity contribution in [3.05, 3.63) is 70.1 Å². The van der Waals surface area contributed by atoms with Crippen molar-refractivity contribution in [3.63, 3.8) is 0 Å². The minimum atomic E-state index is -0.241. The average molecular weight is 284 g/mol. The molecule has 0 aliphatic heterocycles. The van der Waals surface area contributed by atoms with Gasteiger partial charge in [-0.15, -0.1) is 0 Å². The van der Waals surface area contributed by atoms with Crippen LogP contribution in [-0.2, 0) is 6.42 Å². The Morgan fingerprint density at radius 2 is 1.90 bits per heavy atom. The number of rotatable bonds is 6. The molecule has 4 heteroatoms. The SMILES string of the molecule is CN(CCCCc1ccccc1)C(=O)c1c[nH]ccc1=O. The number of hydrogen-bond donors (Lipinski definition) is 1. The number of nitrogens with zero attached hydrogens (tertiary/aromatic N) is 1. The van der Waals surface area contributed by atoms with E-state index in [0.29, 0.717) is 6.54 Å². The van der Waals surface area contributed by atoms with E-state index in [1.54, 1.807) is 11.9 Å². The zero-order valence-corrected chi connectivity index (χ0v) is 12.2. The molecule has 0 unspecified atom stereocenters. The maximum atomic E-state index is 12.1. The number of aryl methyl sites for hydroxylation is 1. The molecule has 21 heavy (non-hydrogen) atoms. The Bertz CT molecular complexity index is 634. The van der Waals surface area contributed by atoms with Crippen molar-refractivity contribution in [2.24, 2.45) is 0 Å². The molecular weight excluding hydrogens is 264 g/mol. The maximum Gasteiger partial charge on any atom is 0.259 e. The van der Waals surface area contributed by atoms with Gasteiger partial charge in [-0.2, -0.15) is 0 Å². The van der Waals surface area contributed by atoms with E-state index in [1.807, 2.05) is 18.2 Å². The zero-order chi connectivity index (χ0) is 15.1. The van der Waals surface area contributed by atoms with Crippen molar-refractivity contribution < 1.29 is 4.79 Å². The topological polar surface area (TPSA) is 53.2 Å². The summed E-state index contributed by atoms with van der Waals surface area (Å²) in [5.74, 6) is -0.225. The second-order valence-corrected chi connectivity index (χ2v) is 5.09. The zero-order valence-electron chi connectivity index (χ0n) is 12.2. The van der Waals surface area contributed by atoms with Gasteiger partial charge in [0.2, 0.25) is 0 Å². The predicted octanol–water partition coefficient (Wildman–Crippen LogP) is 2.47. The van der Waals surface area contributed by atoms with Gasteiger partial charge in [0, 0.05) is 32.1 Å². The van der Waals surface area contributed by atoms with Gasteiger partial charge in [-0.3, -0.25) is 9.59 Å². The molecule has 2 aromatic rings. The summed E-state index contributed by atoms with van der Waals surface area (Å²) in [7, 11) is 1.73. The molecule has 4 nitrogen and oxygen atoms in total. The van der Waals surface area contributed by atoms with Crippen LogP contribution in [-0.4, -0.2) is 29.4 Å². The van der Waals surface area contributed by atoms with Crippen LogP contribution in [0.5, 0.6) is 0 Å². The fourth-order valence-corrected chi connectivity index (χ4v) is 2.21. The molecule has 1 aromatic carbocycles. The Kier molecular flexibility index (Phi) is 5.32. The van der Waals surface area contributed by atoms with Crippen LogP contribution in [0.2, 0.25) is 0 Å². The van der Waals surface area contributed by atoms with Gasteiger partial charge in [0.05, 0.1) is 0 Å². The van der Waals surface area contributed by atoms with Gasteiger partial charge < -0.3 is 9.88 Å². The van der Waals surface area contributed by atoms with Gasteiger partial charge in [0.1, 0.15) is 5.56 Å². The molecule has 0 spiro atoms. The quantitative estimate of drug-likeness (QED) is 0.828. The van der Waals surface area contributed by atoms with E-state index in [2.05, 4.69) is 17.1 Å². The van der Waals surface area contributed by atoms with Crippen LogP contribution in [0.25, 0.3) is 0 Å². The van der Waals surface area contributed by atoms with Gasteiger partial charge in [-0.25, -0.2) is 0 Å². The number of amides is 1. The van der Waals surface area contributed by atoms with Crippen LogP contribution in [0, 0.1) is 0 Å². The summed E-state index contributed by atoms with van der Waals surface area (Å²) in [6, 6.07) is 11.7. The average Bonchev–Trinajstić information content (AvgIpc) is 2.52. The summed E-state index contributed by atoms with van der Waals surface area (Å²) in [6.45, 7) is 0.653. The van der Waals surface area contributed by atoms with E-state index in [4.69, 9.17) is 0 Å². The smallest absolute Gasteiger partial charge is 0.259 e. The minimum absolute atomic E-state index is 0.197. The number of carbonyl (C=O) groups is 1. The number of hydrogen-bond acceptors (Lipinski definition) is 2. The summed E-state index contributed by atoms with van der Waals surface area (Å²) in [6.07, 6.45) is 5.94. The molecule has 110 valence electrons. The van der Waals surface area contributed by atoms with Gasteiger partial charge in [0.15, 0.2) is 5.43 Å². The highest BCUT2D eigenvalue weighted by Gasteiger charge is 2.14. The molecule has 0 atom stereocenters. The number of benzene rings is 1. The molecule has 0 radical (unpaired) electrons. The molecule has 1 heterocycles. The van der Waals surface area contributed by atoms with Gasteiger partial charge in [0.25, 0.3) is 5.91 Å². The summed E-state index contributed by atoms with van der Waals surface area (Å²) in [5.41, 5.74) is 1.27. The Hall–Kier alpha value is -2.36. The van der Waals surface area contributed by atoms with Crippen LogP contribution in [0.15, 0.2) is 53.6 Å². The lowest BCUT2D eigenvalue weighted by molar-refractivity contribution is 0.0791. The third-order valence-corrected chi connectivity index (χ3v) is 3.45. The van der Waals surface area contributed by atoms with Crippen molar-refractivity contribution in [3.8, 4) is 0 Å². The highest BCUT2D eigenvalue weighted by Crippen LogP contribution is 2.06. The monoisotopic (exact) mass is 284 g/mol. The number of pyridine rings is 1. The molecule has 2 rings (SSSR count). The first-order valence-electron chi connectivity index (χ1n) is 7.15. The van der Waals surface area contributed by atoms with E-state index >= 15 is 0 Å². The molecule has 0 aliphatic rings. The molecule has 0 aliphatic carbocycles. The normalized spacial score (nSPS) is 10.3. The Morgan fingerprint density at radius 1 is 1.14 bits per heavy atom. The third-order valence-electron chi connectivity index (χ3n) is 3.45. The Morgan fingerprint density at radius 3 is 2.62 bits per heavy atom. The number of carbonyl (C=O) groups excluding carboxylic acids is 1. The van der Waals surface area contributed by atoms with Gasteiger partial charge >= 0.3 is 0 Å².